The second-order valence-electron chi connectivity index (χ2n) is 10.2. The summed E-state index contributed by atoms with van der Waals surface area (Å²) >= 11 is 0. The summed E-state index contributed by atoms with van der Waals surface area (Å²) in [6, 6.07) is 8.17. The third-order valence-corrected chi connectivity index (χ3v) is 5.34. The fraction of sp³-hybridized carbons (Fsp3) is 0.520. The quantitative estimate of drug-likeness (QED) is 0.614. The Labute approximate surface area is 165 Å². The van der Waals surface area contributed by atoms with E-state index < -0.39 is 0 Å². The van der Waals surface area contributed by atoms with E-state index in [0.717, 1.165) is 39.8 Å². The van der Waals surface area contributed by atoms with Crippen LogP contribution in [0.25, 0.3) is 0 Å². The molecule has 0 atom stereocenters. The van der Waals surface area contributed by atoms with Gasteiger partial charge in [-0.25, -0.2) is 0 Å². The van der Waals surface area contributed by atoms with Crippen molar-refractivity contribution in [1.82, 2.24) is 0 Å². The molecule has 0 amide bonds. The van der Waals surface area contributed by atoms with Crippen molar-refractivity contribution in [2.45, 2.75) is 74.7 Å². The molecule has 0 saturated heterocycles. The minimum Gasteiger partial charge on any atom is -0.507 e. The number of rotatable bonds is 4. The zero-order valence-electron chi connectivity index (χ0n) is 18.5. The van der Waals surface area contributed by atoms with Gasteiger partial charge in [-0.15, -0.1) is 0 Å². The maximum Gasteiger partial charge on any atom is 0.122 e. The number of phenolic OH excluding ortho intramolecular Hbond substituents is 2. The van der Waals surface area contributed by atoms with Crippen LogP contribution in [0.1, 0.15) is 80.3 Å². The van der Waals surface area contributed by atoms with Gasteiger partial charge in [0.25, 0.3) is 0 Å². The number of hydrogen-bond acceptors (Lipinski definition) is 2. The molecule has 0 spiro atoms. The van der Waals surface area contributed by atoms with Gasteiger partial charge in [-0.3, -0.25) is 0 Å². The van der Waals surface area contributed by atoms with Crippen LogP contribution < -0.4 is 0 Å². The Balaban J connectivity index is 2.83. The second-order valence-corrected chi connectivity index (χ2v) is 10.2. The van der Waals surface area contributed by atoms with E-state index in [4.69, 9.17) is 0 Å². The maximum atomic E-state index is 11.0. The molecular formula is C25H36O2. The Morgan fingerprint density at radius 2 is 1.07 bits per heavy atom. The molecule has 2 N–H and O–H groups in total. The molecule has 0 bridgehead atoms. The lowest BCUT2D eigenvalue weighted by Gasteiger charge is -2.40. The summed E-state index contributed by atoms with van der Waals surface area (Å²) in [6.45, 7) is 19.2. The van der Waals surface area contributed by atoms with Gasteiger partial charge in [0.1, 0.15) is 11.5 Å². The van der Waals surface area contributed by atoms with Crippen molar-refractivity contribution in [1.29, 1.82) is 0 Å². The molecule has 148 valence electrons. The average molecular weight is 369 g/mol. The van der Waals surface area contributed by atoms with Crippen LogP contribution in [0.5, 0.6) is 11.5 Å². The second kappa shape index (κ2) is 7.22. The molecule has 0 saturated carbocycles. The number of hydrogen-bond donors (Lipinski definition) is 2. The monoisotopic (exact) mass is 368 g/mol. The highest BCUT2D eigenvalue weighted by Crippen LogP contribution is 2.52. The normalized spacial score (nSPS) is 12.7. The third-order valence-electron chi connectivity index (χ3n) is 5.34. The predicted octanol–water partition coefficient (Wildman–Crippen LogP) is 6.93. The lowest BCUT2D eigenvalue weighted by atomic mass is 9.64. The molecule has 0 heterocycles. The van der Waals surface area contributed by atoms with E-state index in [1.807, 2.05) is 26.0 Å². The van der Waals surface area contributed by atoms with E-state index in [1.165, 1.54) is 0 Å². The van der Waals surface area contributed by atoms with Gasteiger partial charge >= 0.3 is 0 Å². The summed E-state index contributed by atoms with van der Waals surface area (Å²) in [4.78, 5) is 0. The number of phenols is 2. The molecule has 0 unspecified atom stereocenters. The molecule has 2 heteroatoms. The van der Waals surface area contributed by atoms with Crippen LogP contribution in [-0.4, -0.2) is 10.2 Å². The topological polar surface area (TPSA) is 40.5 Å². The third kappa shape index (κ3) is 4.66. The van der Waals surface area contributed by atoms with Gasteiger partial charge in [0.15, 0.2) is 0 Å². The largest absolute Gasteiger partial charge is 0.507 e. The number of aromatic hydroxyl groups is 2. The standard InChI is InChI=1S/C25H36O2/c1-15-10-17(3)22(26)19(12-15)21(25(8,9)14-24(5,6)7)20-13-16(2)11-18(4)23(20)27/h10-13,21,26-27H,14H2,1-9H3. The zero-order chi connectivity index (χ0) is 20.7. The first kappa shape index (κ1) is 21.3. The van der Waals surface area contributed by atoms with E-state index in [2.05, 4.69) is 60.6 Å². The Morgan fingerprint density at radius 1 is 0.704 bits per heavy atom. The minimum absolute atomic E-state index is 0.103. The molecule has 2 nitrogen and oxygen atoms in total. The molecule has 27 heavy (non-hydrogen) atoms. The maximum absolute atomic E-state index is 11.0. The van der Waals surface area contributed by atoms with E-state index >= 15 is 0 Å². The molecular weight excluding hydrogens is 332 g/mol. The van der Waals surface area contributed by atoms with E-state index in [-0.39, 0.29) is 16.7 Å². The van der Waals surface area contributed by atoms with Crippen LogP contribution >= 0.6 is 0 Å². The van der Waals surface area contributed by atoms with E-state index in [1.54, 1.807) is 0 Å². The van der Waals surface area contributed by atoms with Crippen LogP contribution in [0, 0.1) is 38.5 Å². The molecule has 2 aromatic carbocycles. The Morgan fingerprint density at radius 3 is 1.41 bits per heavy atom. The molecule has 0 aliphatic rings. The van der Waals surface area contributed by atoms with Crippen molar-refractivity contribution in [3.05, 3.63) is 57.6 Å². The molecule has 0 aliphatic carbocycles. The highest BCUT2D eigenvalue weighted by atomic mass is 16.3. The minimum atomic E-state index is -0.159. The van der Waals surface area contributed by atoms with Crippen molar-refractivity contribution < 1.29 is 10.2 Å². The van der Waals surface area contributed by atoms with Gasteiger partial charge in [-0.1, -0.05) is 70.0 Å². The molecule has 0 fully saturated rings. The van der Waals surface area contributed by atoms with E-state index in [0.29, 0.717) is 11.5 Å². The fourth-order valence-corrected chi connectivity index (χ4v) is 4.90. The van der Waals surface area contributed by atoms with Crippen molar-refractivity contribution in [2.24, 2.45) is 10.8 Å². The lowest BCUT2D eigenvalue weighted by Crippen LogP contribution is -2.29. The molecule has 0 aliphatic heterocycles. The first-order valence-electron chi connectivity index (χ1n) is 9.83. The Kier molecular flexibility index (Phi) is 5.71. The summed E-state index contributed by atoms with van der Waals surface area (Å²) < 4.78 is 0. The first-order valence-corrected chi connectivity index (χ1v) is 9.83. The molecule has 0 radical (unpaired) electrons. The van der Waals surface area contributed by atoms with Crippen molar-refractivity contribution in [3.63, 3.8) is 0 Å². The predicted molar refractivity (Wildman–Crippen MR) is 115 cm³/mol. The first-order chi connectivity index (χ1) is 12.2. The summed E-state index contributed by atoms with van der Waals surface area (Å²) in [5.74, 6) is 0.575. The number of aryl methyl sites for hydroxylation is 4. The summed E-state index contributed by atoms with van der Waals surface area (Å²) in [5.41, 5.74) is 5.79. The van der Waals surface area contributed by atoms with Gasteiger partial charge in [-0.05, 0) is 56.1 Å². The van der Waals surface area contributed by atoms with Crippen LogP contribution in [0.15, 0.2) is 24.3 Å². The van der Waals surface area contributed by atoms with E-state index in [9.17, 15) is 10.2 Å². The number of benzene rings is 2. The van der Waals surface area contributed by atoms with Gasteiger partial charge in [0.2, 0.25) is 0 Å². The van der Waals surface area contributed by atoms with Gasteiger partial charge in [0.05, 0.1) is 0 Å². The van der Waals surface area contributed by atoms with Crippen LogP contribution in [-0.2, 0) is 0 Å². The fourth-order valence-electron chi connectivity index (χ4n) is 4.90. The Bertz CT molecular complexity index is 781. The highest BCUT2D eigenvalue weighted by molar-refractivity contribution is 5.54. The summed E-state index contributed by atoms with van der Waals surface area (Å²) in [5, 5.41) is 21.9. The van der Waals surface area contributed by atoms with Gasteiger partial charge in [0, 0.05) is 17.0 Å². The van der Waals surface area contributed by atoms with Crippen molar-refractivity contribution in [3.8, 4) is 11.5 Å². The van der Waals surface area contributed by atoms with Crippen LogP contribution in [0.3, 0.4) is 0 Å². The van der Waals surface area contributed by atoms with Crippen molar-refractivity contribution >= 4 is 0 Å². The Hall–Kier alpha value is -1.96. The average Bonchev–Trinajstić information content (AvgIpc) is 2.46. The molecule has 2 aromatic rings. The molecule has 0 aromatic heterocycles. The van der Waals surface area contributed by atoms with Crippen molar-refractivity contribution in [2.75, 3.05) is 0 Å². The summed E-state index contributed by atoms with van der Waals surface area (Å²) in [7, 11) is 0. The lowest BCUT2D eigenvalue weighted by molar-refractivity contribution is 0.186. The van der Waals surface area contributed by atoms with Gasteiger partial charge < -0.3 is 10.2 Å². The van der Waals surface area contributed by atoms with Crippen LogP contribution in [0.4, 0.5) is 0 Å². The van der Waals surface area contributed by atoms with Gasteiger partial charge in [-0.2, -0.15) is 0 Å². The highest BCUT2D eigenvalue weighted by Gasteiger charge is 2.38. The molecule has 2 rings (SSSR count). The zero-order valence-corrected chi connectivity index (χ0v) is 18.5. The smallest absolute Gasteiger partial charge is 0.122 e. The van der Waals surface area contributed by atoms with Crippen LogP contribution in [0.2, 0.25) is 0 Å². The summed E-state index contributed by atoms with van der Waals surface area (Å²) in [6.07, 6.45) is 0.962. The SMILES string of the molecule is Cc1cc(C)c(O)c(C(c2cc(C)cc(C)c2O)C(C)(C)CC(C)(C)C)c1.